The van der Waals surface area contributed by atoms with Crippen molar-refractivity contribution in [2.24, 2.45) is 0 Å². The summed E-state index contributed by atoms with van der Waals surface area (Å²) in [5.41, 5.74) is 3.08. The van der Waals surface area contributed by atoms with E-state index >= 15 is 0 Å². The number of furan rings is 1. The zero-order chi connectivity index (χ0) is 20.2. The Morgan fingerprint density at radius 1 is 1.00 bits per heavy atom. The third-order valence-electron chi connectivity index (χ3n) is 4.86. The number of hydrogen-bond acceptors (Lipinski definition) is 6. The molecule has 8 nitrogen and oxygen atoms in total. The number of nitrogens with zero attached hydrogens (tertiary/aromatic N) is 1. The molecule has 0 unspecified atom stereocenters. The number of rotatable bonds is 5. The van der Waals surface area contributed by atoms with E-state index in [1.54, 1.807) is 38.7 Å². The van der Waals surface area contributed by atoms with Crippen LogP contribution in [-0.2, 0) is 0 Å². The SMILES string of the molecule is COc1cc(NC(=O)Nc2cc(N3CCNCC3)c3occc3c2)cc(OC)c1.Cl. The van der Waals surface area contributed by atoms with Crippen LogP contribution < -0.4 is 30.3 Å². The lowest BCUT2D eigenvalue weighted by Gasteiger charge is -2.29. The Morgan fingerprint density at radius 2 is 1.63 bits per heavy atom. The summed E-state index contributed by atoms with van der Waals surface area (Å²) < 4.78 is 16.2. The maximum absolute atomic E-state index is 12.6. The number of fused-ring (bicyclic) bond motifs is 1. The Hall–Kier alpha value is -3.10. The third kappa shape index (κ3) is 4.72. The first kappa shape index (κ1) is 21.6. The van der Waals surface area contributed by atoms with Gasteiger partial charge in [0, 0.05) is 61.1 Å². The van der Waals surface area contributed by atoms with E-state index in [2.05, 4.69) is 20.9 Å². The van der Waals surface area contributed by atoms with E-state index in [1.807, 2.05) is 18.2 Å². The van der Waals surface area contributed by atoms with Crippen molar-refractivity contribution in [2.45, 2.75) is 0 Å². The minimum atomic E-state index is -0.352. The molecule has 0 spiro atoms. The molecule has 0 aliphatic carbocycles. The molecule has 3 aromatic rings. The molecule has 0 bridgehead atoms. The van der Waals surface area contributed by atoms with E-state index in [1.165, 1.54) is 0 Å². The second kappa shape index (κ2) is 9.60. The Kier molecular flexibility index (Phi) is 6.91. The lowest BCUT2D eigenvalue weighted by molar-refractivity contribution is 0.262. The lowest BCUT2D eigenvalue weighted by Crippen LogP contribution is -2.43. The van der Waals surface area contributed by atoms with Gasteiger partial charge in [0.25, 0.3) is 0 Å². The van der Waals surface area contributed by atoms with Gasteiger partial charge in [-0.3, -0.25) is 0 Å². The number of benzene rings is 2. The topological polar surface area (TPSA) is 88.0 Å². The lowest BCUT2D eigenvalue weighted by atomic mass is 10.1. The van der Waals surface area contributed by atoms with Crippen LogP contribution in [0.3, 0.4) is 0 Å². The minimum Gasteiger partial charge on any atom is -0.497 e. The molecule has 1 fully saturated rings. The van der Waals surface area contributed by atoms with Gasteiger partial charge >= 0.3 is 6.03 Å². The maximum atomic E-state index is 12.6. The Bertz CT molecular complexity index is 995. The van der Waals surface area contributed by atoms with Crippen molar-refractivity contribution in [1.82, 2.24) is 5.32 Å². The summed E-state index contributed by atoms with van der Waals surface area (Å²) in [4.78, 5) is 14.9. The van der Waals surface area contributed by atoms with E-state index in [-0.39, 0.29) is 18.4 Å². The molecule has 4 rings (SSSR count). The van der Waals surface area contributed by atoms with Crippen LogP contribution in [-0.4, -0.2) is 46.4 Å². The standard InChI is InChI=1S/C21H24N4O4.ClH/c1-27-17-10-16(11-18(13-17)28-2)24-21(26)23-15-9-14-3-8-29-20(14)19(12-15)25-6-4-22-5-7-25;/h3,8-13,22H,4-7H2,1-2H3,(H2,23,24,26);1H. The van der Waals surface area contributed by atoms with Crippen LogP contribution in [0.15, 0.2) is 47.1 Å². The third-order valence-corrected chi connectivity index (χ3v) is 4.86. The highest BCUT2D eigenvalue weighted by molar-refractivity contribution is 6.03. The average Bonchev–Trinajstić information content (AvgIpc) is 3.22. The number of amides is 2. The van der Waals surface area contributed by atoms with Crippen LogP contribution >= 0.6 is 12.4 Å². The van der Waals surface area contributed by atoms with Crippen molar-refractivity contribution in [2.75, 3.05) is 55.9 Å². The monoisotopic (exact) mass is 432 g/mol. The molecule has 1 aromatic heterocycles. The van der Waals surface area contributed by atoms with Gasteiger partial charge in [-0.2, -0.15) is 0 Å². The maximum Gasteiger partial charge on any atom is 0.323 e. The minimum absolute atomic E-state index is 0. The smallest absolute Gasteiger partial charge is 0.323 e. The first-order chi connectivity index (χ1) is 14.2. The first-order valence-electron chi connectivity index (χ1n) is 9.44. The van der Waals surface area contributed by atoms with Crippen LogP contribution in [0, 0.1) is 0 Å². The Labute approximate surface area is 180 Å². The van der Waals surface area contributed by atoms with Crippen LogP contribution in [0.5, 0.6) is 11.5 Å². The molecule has 160 valence electrons. The number of piperazine rings is 1. The average molecular weight is 433 g/mol. The predicted molar refractivity (Wildman–Crippen MR) is 121 cm³/mol. The summed E-state index contributed by atoms with van der Waals surface area (Å²) in [5.74, 6) is 1.20. The summed E-state index contributed by atoms with van der Waals surface area (Å²) in [6.07, 6.45) is 1.67. The molecule has 0 radical (unpaired) electrons. The van der Waals surface area contributed by atoms with Crippen molar-refractivity contribution in [3.05, 3.63) is 42.7 Å². The number of nitrogens with one attached hydrogen (secondary N) is 3. The van der Waals surface area contributed by atoms with Crippen molar-refractivity contribution >= 4 is 46.5 Å². The molecule has 30 heavy (non-hydrogen) atoms. The van der Waals surface area contributed by atoms with Crippen LogP contribution in [0.1, 0.15) is 0 Å². The van der Waals surface area contributed by atoms with Gasteiger partial charge in [0.1, 0.15) is 11.5 Å². The number of methoxy groups -OCH3 is 2. The molecule has 1 aliphatic rings. The highest BCUT2D eigenvalue weighted by Crippen LogP contribution is 2.32. The van der Waals surface area contributed by atoms with Crippen LogP contribution in [0.2, 0.25) is 0 Å². The van der Waals surface area contributed by atoms with Crippen molar-refractivity contribution < 1.29 is 18.7 Å². The highest BCUT2D eigenvalue weighted by atomic mass is 35.5. The molecule has 2 heterocycles. The number of halogens is 1. The Balaban J connectivity index is 0.00000256. The second-order valence-electron chi connectivity index (χ2n) is 6.75. The fourth-order valence-electron chi connectivity index (χ4n) is 3.45. The van der Waals surface area contributed by atoms with Gasteiger partial charge in [-0.1, -0.05) is 0 Å². The molecule has 2 aromatic carbocycles. The summed E-state index contributed by atoms with van der Waals surface area (Å²) in [7, 11) is 3.13. The van der Waals surface area contributed by atoms with Gasteiger partial charge in [0.05, 0.1) is 26.2 Å². The number of hydrogen-bond donors (Lipinski definition) is 3. The fraction of sp³-hybridized carbons (Fsp3) is 0.286. The summed E-state index contributed by atoms with van der Waals surface area (Å²) in [6.45, 7) is 3.60. The van der Waals surface area contributed by atoms with Crippen LogP contribution in [0.4, 0.5) is 21.9 Å². The molecule has 9 heteroatoms. The molecule has 3 N–H and O–H groups in total. The zero-order valence-electron chi connectivity index (χ0n) is 16.9. The number of carbonyl (C=O) groups excluding carboxylic acids is 1. The van der Waals surface area contributed by atoms with E-state index in [0.717, 1.165) is 42.8 Å². The first-order valence-corrected chi connectivity index (χ1v) is 9.44. The number of ether oxygens (including phenoxy) is 2. The van der Waals surface area contributed by atoms with Crippen molar-refractivity contribution in [3.8, 4) is 11.5 Å². The summed E-state index contributed by atoms with van der Waals surface area (Å²) in [5, 5.41) is 10.0. The van der Waals surface area contributed by atoms with Gasteiger partial charge < -0.3 is 34.7 Å². The van der Waals surface area contributed by atoms with Crippen molar-refractivity contribution in [3.63, 3.8) is 0 Å². The molecule has 0 saturated carbocycles. The molecule has 2 amide bonds. The van der Waals surface area contributed by atoms with E-state index in [4.69, 9.17) is 13.9 Å². The second-order valence-corrected chi connectivity index (χ2v) is 6.75. The van der Waals surface area contributed by atoms with Gasteiger partial charge in [-0.05, 0) is 18.2 Å². The van der Waals surface area contributed by atoms with Gasteiger partial charge in [0.2, 0.25) is 0 Å². The van der Waals surface area contributed by atoms with Crippen LogP contribution in [0.25, 0.3) is 11.0 Å². The molecular weight excluding hydrogens is 408 g/mol. The number of carbonyl (C=O) groups is 1. The van der Waals surface area contributed by atoms with Gasteiger partial charge in [0.15, 0.2) is 5.58 Å². The zero-order valence-corrected chi connectivity index (χ0v) is 17.7. The normalized spacial score (nSPS) is 13.5. The Morgan fingerprint density at radius 3 is 2.27 bits per heavy atom. The fourth-order valence-corrected chi connectivity index (χ4v) is 3.45. The quantitative estimate of drug-likeness (QED) is 0.566. The predicted octanol–water partition coefficient (Wildman–Crippen LogP) is 3.93. The molecule has 1 saturated heterocycles. The summed E-state index contributed by atoms with van der Waals surface area (Å²) >= 11 is 0. The summed E-state index contributed by atoms with van der Waals surface area (Å²) in [6, 6.07) is 10.6. The van der Waals surface area contributed by atoms with Gasteiger partial charge in [-0.25, -0.2) is 4.79 Å². The van der Waals surface area contributed by atoms with E-state index in [9.17, 15) is 4.79 Å². The number of urea groups is 1. The molecular formula is C21H25ClN4O4. The van der Waals surface area contributed by atoms with Gasteiger partial charge in [-0.15, -0.1) is 12.4 Å². The van der Waals surface area contributed by atoms with E-state index < -0.39 is 0 Å². The molecule has 1 aliphatic heterocycles. The largest absolute Gasteiger partial charge is 0.497 e. The van der Waals surface area contributed by atoms with E-state index in [0.29, 0.717) is 22.9 Å². The highest BCUT2D eigenvalue weighted by Gasteiger charge is 2.17. The number of anilines is 3. The molecule has 0 atom stereocenters. The van der Waals surface area contributed by atoms with Crippen molar-refractivity contribution in [1.29, 1.82) is 0 Å².